The van der Waals surface area contributed by atoms with Crippen molar-refractivity contribution >= 4 is 35.0 Å². The highest BCUT2D eigenvalue weighted by molar-refractivity contribution is 7.07. The van der Waals surface area contributed by atoms with Gasteiger partial charge in [0.1, 0.15) is 18.1 Å². The maximum absolute atomic E-state index is 14.0. The van der Waals surface area contributed by atoms with E-state index in [1.807, 2.05) is 30.3 Å². The van der Waals surface area contributed by atoms with Crippen molar-refractivity contribution in [1.29, 1.82) is 0 Å². The molecule has 1 aliphatic heterocycles. The molecule has 6 rings (SSSR count). The first-order valence-electron chi connectivity index (χ1n) is 14.0. The number of fused-ring (bicyclic) bond motifs is 1. The molecular formula is C34H25N3O8S. The molecular weight excluding hydrogens is 610 g/mol. The van der Waals surface area contributed by atoms with E-state index in [1.54, 1.807) is 61.5 Å². The Morgan fingerprint density at radius 3 is 2.43 bits per heavy atom. The van der Waals surface area contributed by atoms with Gasteiger partial charge in [-0.1, -0.05) is 65.9 Å². The molecule has 3 aromatic carbocycles. The third kappa shape index (κ3) is 5.81. The number of para-hydroxylation sites is 1. The second-order valence-corrected chi connectivity index (χ2v) is 11.2. The van der Waals surface area contributed by atoms with E-state index in [-0.39, 0.29) is 28.2 Å². The van der Waals surface area contributed by atoms with Crippen molar-refractivity contribution in [3.8, 4) is 11.3 Å². The summed E-state index contributed by atoms with van der Waals surface area (Å²) in [6.07, 6.45) is 1.53. The van der Waals surface area contributed by atoms with Crippen LogP contribution < -0.4 is 14.9 Å². The molecule has 12 heteroatoms. The number of hydrogen-bond donors (Lipinski definition) is 0. The lowest BCUT2D eigenvalue weighted by Gasteiger charge is -2.25. The number of ether oxygens (including phenoxy) is 2. The molecule has 0 saturated carbocycles. The number of allylic oxidation sites excluding steroid dienone is 1. The summed E-state index contributed by atoms with van der Waals surface area (Å²) in [5, 5.41) is 11.5. The normalized spacial score (nSPS) is 14.4. The molecule has 2 aromatic heterocycles. The number of nitro benzene ring substituents is 1. The zero-order valence-corrected chi connectivity index (χ0v) is 25.4. The monoisotopic (exact) mass is 635 g/mol. The number of nitro groups is 1. The molecule has 11 nitrogen and oxygen atoms in total. The van der Waals surface area contributed by atoms with Gasteiger partial charge in [-0.3, -0.25) is 19.5 Å². The summed E-state index contributed by atoms with van der Waals surface area (Å²) in [5.41, 5.74) is 1.97. The molecule has 230 valence electrons. The molecule has 0 aliphatic carbocycles. The van der Waals surface area contributed by atoms with Crippen LogP contribution in [0.5, 0.6) is 0 Å². The number of carbonyl (C=O) groups excluding carboxylic acids is 2. The fraction of sp³-hybridized carbons (Fsp3) is 0.118. The zero-order valence-electron chi connectivity index (χ0n) is 24.5. The van der Waals surface area contributed by atoms with Crippen LogP contribution in [0.1, 0.15) is 40.2 Å². The number of aromatic nitrogens is 1. The van der Waals surface area contributed by atoms with Crippen LogP contribution in [-0.2, 0) is 20.9 Å². The van der Waals surface area contributed by atoms with Crippen molar-refractivity contribution in [2.45, 2.75) is 19.6 Å². The van der Waals surface area contributed by atoms with E-state index in [1.165, 1.54) is 23.8 Å². The van der Waals surface area contributed by atoms with Gasteiger partial charge in [-0.05, 0) is 48.4 Å². The number of hydrogen-bond acceptors (Lipinski definition) is 10. The molecule has 0 spiro atoms. The molecule has 0 saturated heterocycles. The molecule has 46 heavy (non-hydrogen) atoms. The maximum Gasteiger partial charge on any atom is 0.338 e. The van der Waals surface area contributed by atoms with Crippen molar-refractivity contribution in [3.63, 3.8) is 0 Å². The molecule has 0 N–H and O–H groups in total. The third-order valence-electron chi connectivity index (χ3n) is 7.37. The van der Waals surface area contributed by atoms with E-state index in [0.717, 1.165) is 16.9 Å². The molecule has 3 heterocycles. The van der Waals surface area contributed by atoms with Crippen LogP contribution in [0.25, 0.3) is 17.4 Å². The van der Waals surface area contributed by atoms with Gasteiger partial charge in [-0.25, -0.2) is 14.6 Å². The topological polar surface area (TPSA) is 143 Å². The fourth-order valence-electron chi connectivity index (χ4n) is 5.16. The molecule has 0 radical (unpaired) electrons. The molecule has 1 unspecified atom stereocenters. The van der Waals surface area contributed by atoms with Gasteiger partial charge in [0.15, 0.2) is 4.80 Å². The Hall–Kier alpha value is -5.88. The average molecular weight is 636 g/mol. The van der Waals surface area contributed by atoms with E-state index in [0.29, 0.717) is 32.9 Å². The van der Waals surface area contributed by atoms with E-state index < -0.39 is 28.5 Å². The van der Waals surface area contributed by atoms with Crippen LogP contribution in [0.4, 0.5) is 5.69 Å². The first kappa shape index (κ1) is 30.2. The molecule has 0 fully saturated rings. The Kier molecular flexibility index (Phi) is 8.27. The third-order valence-corrected chi connectivity index (χ3v) is 8.35. The van der Waals surface area contributed by atoms with Gasteiger partial charge in [-0.2, -0.15) is 0 Å². The van der Waals surface area contributed by atoms with Crippen molar-refractivity contribution in [3.05, 3.63) is 155 Å². The number of furan rings is 1. The van der Waals surface area contributed by atoms with Crippen molar-refractivity contribution in [2.75, 3.05) is 7.11 Å². The second-order valence-electron chi connectivity index (χ2n) is 10.2. The summed E-state index contributed by atoms with van der Waals surface area (Å²) in [6, 6.07) is 24.2. The number of carbonyl (C=O) groups is 2. The Morgan fingerprint density at radius 1 is 1.00 bits per heavy atom. The number of benzene rings is 3. The van der Waals surface area contributed by atoms with Gasteiger partial charge in [0.05, 0.1) is 45.0 Å². The average Bonchev–Trinajstić information content (AvgIpc) is 3.66. The van der Waals surface area contributed by atoms with Gasteiger partial charge in [0.2, 0.25) is 0 Å². The first-order valence-corrected chi connectivity index (χ1v) is 14.8. The van der Waals surface area contributed by atoms with Crippen LogP contribution >= 0.6 is 11.3 Å². The highest BCUT2D eigenvalue weighted by Crippen LogP contribution is 2.32. The quantitative estimate of drug-likeness (QED) is 0.133. The number of esters is 2. The van der Waals surface area contributed by atoms with Gasteiger partial charge in [0, 0.05) is 12.1 Å². The van der Waals surface area contributed by atoms with Crippen LogP contribution in [0.2, 0.25) is 0 Å². The zero-order chi connectivity index (χ0) is 32.4. The van der Waals surface area contributed by atoms with Crippen LogP contribution in [-0.4, -0.2) is 28.5 Å². The number of nitrogens with zero attached hydrogens (tertiary/aromatic N) is 3. The van der Waals surface area contributed by atoms with Gasteiger partial charge < -0.3 is 13.9 Å². The largest absolute Gasteiger partial charge is 0.465 e. The SMILES string of the molecule is COC(=O)c1ccc(C2C(C(=O)OCc3ccccc3)=C(C)N=c3sc(=Cc4ccc(-c5ccccc5[N+](=O)[O-])o4)c(=O)n32)cc1. The predicted molar refractivity (Wildman–Crippen MR) is 169 cm³/mol. The van der Waals surface area contributed by atoms with E-state index in [2.05, 4.69) is 4.99 Å². The van der Waals surface area contributed by atoms with Gasteiger partial charge in [0.25, 0.3) is 11.2 Å². The Balaban J connectivity index is 1.42. The van der Waals surface area contributed by atoms with Crippen molar-refractivity contribution < 1.29 is 28.4 Å². The van der Waals surface area contributed by atoms with Crippen molar-refractivity contribution in [1.82, 2.24) is 4.57 Å². The van der Waals surface area contributed by atoms with Crippen molar-refractivity contribution in [2.24, 2.45) is 4.99 Å². The highest BCUT2D eigenvalue weighted by atomic mass is 32.1. The van der Waals surface area contributed by atoms with Crippen LogP contribution in [0, 0.1) is 10.1 Å². The Morgan fingerprint density at radius 2 is 1.72 bits per heavy atom. The summed E-state index contributed by atoms with van der Waals surface area (Å²) < 4.78 is 18.1. The van der Waals surface area contributed by atoms with E-state index >= 15 is 0 Å². The maximum atomic E-state index is 14.0. The summed E-state index contributed by atoms with van der Waals surface area (Å²) in [7, 11) is 1.28. The Labute approximate surface area is 265 Å². The minimum absolute atomic E-state index is 0.0231. The number of thiazole rings is 1. The second kappa shape index (κ2) is 12.6. The molecule has 1 atom stereocenters. The standard InChI is InChI=1S/C34H25N3O8S/c1-20-29(33(40)44-19-21-8-4-3-5-9-21)30(22-12-14-23(15-13-22)32(39)43-2)36-31(38)28(46-34(36)35-20)18-24-16-17-27(45-24)25-10-6-7-11-26(25)37(41)42/h3-18,30H,19H2,1-2H3. The molecule has 5 aromatic rings. The van der Waals surface area contributed by atoms with Crippen LogP contribution in [0.15, 0.2) is 116 Å². The minimum atomic E-state index is -0.910. The molecule has 1 aliphatic rings. The van der Waals surface area contributed by atoms with Gasteiger partial charge >= 0.3 is 11.9 Å². The first-order chi connectivity index (χ1) is 22.2. The summed E-state index contributed by atoms with van der Waals surface area (Å²) in [6.45, 7) is 1.70. The fourth-order valence-corrected chi connectivity index (χ4v) is 6.19. The lowest BCUT2D eigenvalue weighted by Crippen LogP contribution is -2.39. The number of methoxy groups -OCH3 is 1. The molecule has 0 bridgehead atoms. The molecule has 0 amide bonds. The lowest BCUT2D eigenvalue weighted by molar-refractivity contribution is -0.384. The minimum Gasteiger partial charge on any atom is -0.465 e. The van der Waals surface area contributed by atoms with E-state index in [9.17, 15) is 24.5 Å². The van der Waals surface area contributed by atoms with Crippen LogP contribution in [0.3, 0.4) is 0 Å². The summed E-state index contributed by atoms with van der Waals surface area (Å²) >= 11 is 1.11. The van der Waals surface area contributed by atoms with Gasteiger partial charge in [-0.15, -0.1) is 0 Å². The predicted octanol–water partition coefficient (Wildman–Crippen LogP) is 4.93. The smallest absolute Gasteiger partial charge is 0.338 e. The van der Waals surface area contributed by atoms with E-state index in [4.69, 9.17) is 13.9 Å². The Bertz CT molecular complexity index is 2190. The lowest BCUT2D eigenvalue weighted by atomic mass is 9.95. The summed E-state index contributed by atoms with van der Waals surface area (Å²) in [4.78, 5) is 55.7. The number of rotatable bonds is 8. The summed E-state index contributed by atoms with van der Waals surface area (Å²) in [5.74, 6) is -0.588. The highest BCUT2D eigenvalue weighted by Gasteiger charge is 2.33.